The zero-order valence-corrected chi connectivity index (χ0v) is 15.2. The molecule has 3 rings (SSSR count). The van der Waals surface area contributed by atoms with E-state index in [-0.39, 0.29) is 5.91 Å². The van der Waals surface area contributed by atoms with E-state index in [2.05, 4.69) is 15.6 Å². The molecule has 0 saturated carbocycles. The number of hydrogen-bond acceptors (Lipinski definition) is 5. The zero-order valence-electron chi connectivity index (χ0n) is 15.2. The molecule has 2 aromatic carbocycles. The first-order valence-corrected chi connectivity index (χ1v) is 8.59. The predicted octanol–water partition coefficient (Wildman–Crippen LogP) is 4.48. The molecule has 1 aromatic heterocycles. The quantitative estimate of drug-likeness (QED) is 0.647. The van der Waals surface area contributed by atoms with Crippen molar-refractivity contribution in [1.29, 1.82) is 0 Å². The van der Waals surface area contributed by atoms with E-state index in [9.17, 15) is 4.79 Å². The average molecular weight is 363 g/mol. The van der Waals surface area contributed by atoms with Crippen molar-refractivity contribution in [2.45, 2.75) is 6.92 Å². The lowest BCUT2D eigenvalue weighted by Crippen LogP contribution is -2.12. The van der Waals surface area contributed by atoms with Crippen molar-refractivity contribution in [3.05, 3.63) is 72.4 Å². The lowest BCUT2D eigenvalue weighted by atomic mass is 10.2. The Labute approximate surface area is 158 Å². The molecule has 27 heavy (non-hydrogen) atoms. The summed E-state index contributed by atoms with van der Waals surface area (Å²) < 4.78 is 10.6. The molecule has 0 radical (unpaired) electrons. The summed E-state index contributed by atoms with van der Waals surface area (Å²) in [5.74, 6) is 1.85. The number of amides is 1. The van der Waals surface area contributed by atoms with E-state index in [0.29, 0.717) is 29.4 Å². The van der Waals surface area contributed by atoms with Crippen LogP contribution in [0.2, 0.25) is 0 Å². The number of methoxy groups -OCH3 is 1. The van der Waals surface area contributed by atoms with Crippen LogP contribution in [0.15, 0.2) is 66.9 Å². The fraction of sp³-hybridized carbons (Fsp3) is 0.143. The molecule has 1 heterocycles. The van der Waals surface area contributed by atoms with Gasteiger partial charge in [-0.1, -0.05) is 6.07 Å². The Hall–Kier alpha value is -3.54. The van der Waals surface area contributed by atoms with Gasteiger partial charge in [0.2, 0.25) is 0 Å². The van der Waals surface area contributed by atoms with E-state index in [1.807, 2.05) is 43.3 Å². The van der Waals surface area contributed by atoms with Crippen LogP contribution in [0, 0.1) is 0 Å². The van der Waals surface area contributed by atoms with E-state index >= 15 is 0 Å². The maximum absolute atomic E-state index is 12.5. The summed E-state index contributed by atoms with van der Waals surface area (Å²) in [5, 5.41) is 6.04. The summed E-state index contributed by atoms with van der Waals surface area (Å²) in [6.07, 6.45) is 1.59. The van der Waals surface area contributed by atoms with Gasteiger partial charge in [-0.3, -0.25) is 4.79 Å². The Morgan fingerprint density at radius 3 is 2.56 bits per heavy atom. The van der Waals surface area contributed by atoms with Crippen LogP contribution in [-0.2, 0) is 0 Å². The van der Waals surface area contributed by atoms with Crippen LogP contribution in [0.1, 0.15) is 17.3 Å². The van der Waals surface area contributed by atoms with Crippen molar-refractivity contribution < 1.29 is 14.3 Å². The van der Waals surface area contributed by atoms with Gasteiger partial charge in [0.05, 0.1) is 13.7 Å². The first kappa shape index (κ1) is 18.3. The minimum absolute atomic E-state index is 0.222. The van der Waals surface area contributed by atoms with Gasteiger partial charge in [-0.05, 0) is 55.5 Å². The molecule has 3 aromatic rings. The second-order valence-corrected chi connectivity index (χ2v) is 5.70. The molecular weight excluding hydrogens is 342 g/mol. The van der Waals surface area contributed by atoms with Crippen LogP contribution < -0.4 is 20.1 Å². The molecule has 0 atom stereocenters. The molecule has 2 N–H and O–H groups in total. The number of carbonyl (C=O) groups excluding carboxylic acids is 1. The largest absolute Gasteiger partial charge is 0.497 e. The third-order valence-corrected chi connectivity index (χ3v) is 3.79. The third kappa shape index (κ3) is 4.98. The van der Waals surface area contributed by atoms with Gasteiger partial charge in [-0.2, -0.15) is 0 Å². The molecule has 1 amide bonds. The highest BCUT2D eigenvalue weighted by atomic mass is 16.5. The van der Waals surface area contributed by atoms with Crippen LogP contribution in [0.4, 0.5) is 17.2 Å². The molecule has 0 aliphatic rings. The minimum Gasteiger partial charge on any atom is -0.497 e. The number of carbonyl (C=O) groups is 1. The maximum Gasteiger partial charge on any atom is 0.255 e. The first-order chi connectivity index (χ1) is 13.2. The summed E-state index contributed by atoms with van der Waals surface area (Å²) in [7, 11) is 1.59. The number of aromatic nitrogens is 1. The van der Waals surface area contributed by atoms with Gasteiger partial charge in [0.1, 0.15) is 17.3 Å². The second kappa shape index (κ2) is 8.71. The number of anilines is 3. The number of rotatable bonds is 7. The van der Waals surface area contributed by atoms with Crippen LogP contribution in [0.3, 0.4) is 0 Å². The van der Waals surface area contributed by atoms with E-state index in [1.165, 1.54) is 0 Å². The van der Waals surface area contributed by atoms with Crippen molar-refractivity contribution in [2.75, 3.05) is 24.4 Å². The smallest absolute Gasteiger partial charge is 0.255 e. The van der Waals surface area contributed by atoms with Gasteiger partial charge in [-0.15, -0.1) is 0 Å². The first-order valence-electron chi connectivity index (χ1n) is 8.59. The van der Waals surface area contributed by atoms with Crippen molar-refractivity contribution in [3.63, 3.8) is 0 Å². The second-order valence-electron chi connectivity index (χ2n) is 5.70. The highest BCUT2D eigenvalue weighted by Crippen LogP contribution is 2.21. The SMILES string of the molecule is CCOc1ccc(Nc2cc(C(=O)Nc3cccc(OC)c3)ccn2)cc1. The molecule has 0 spiro atoms. The number of nitrogens with zero attached hydrogens (tertiary/aromatic N) is 1. The van der Waals surface area contributed by atoms with E-state index in [4.69, 9.17) is 9.47 Å². The lowest BCUT2D eigenvalue weighted by molar-refractivity contribution is 0.102. The molecule has 6 heteroatoms. The van der Waals surface area contributed by atoms with Crippen molar-refractivity contribution in [1.82, 2.24) is 4.98 Å². The van der Waals surface area contributed by atoms with Crippen LogP contribution in [0.25, 0.3) is 0 Å². The van der Waals surface area contributed by atoms with Crippen LogP contribution in [-0.4, -0.2) is 24.6 Å². The number of ether oxygens (including phenoxy) is 2. The number of pyridine rings is 1. The molecule has 0 fully saturated rings. The highest BCUT2D eigenvalue weighted by Gasteiger charge is 2.08. The molecule has 0 aliphatic heterocycles. The molecule has 0 saturated heterocycles. The summed E-state index contributed by atoms with van der Waals surface area (Å²) in [5.41, 5.74) is 2.02. The van der Waals surface area contributed by atoms with Gasteiger partial charge < -0.3 is 20.1 Å². The van der Waals surface area contributed by atoms with Gasteiger partial charge in [0.25, 0.3) is 5.91 Å². The Balaban J connectivity index is 1.69. The van der Waals surface area contributed by atoms with Crippen LogP contribution in [0.5, 0.6) is 11.5 Å². The molecule has 138 valence electrons. The minimum atomic E-state index is -0.222. The van der Waals surface area contributed by atoms with Crippen molar-refractivity contribution >= 4 is 23.1 Å². The summed E-state index contributed by atoms with van der Waals surface area (Å²) >= 11 is 0. The molecule has 0 bridgehead atoms. The summed E-state index contributed by atoms with van der Waals surface area (Å²) in [6, 6.07) is 18.1. The Bertz CT molecular complexity index is 911. The monoisotopic (exact) mass is 363 g/mol. The molecular formula is C21H21N3O3. The van der Waals surface area contributed by atoms with E-state index in [1.54, 1.807) is 37.6 Å². The van der Waals surface area contributed by atoms with E-state index < -0.39 is 0 Å². The lowest BCUT2D eigenvalue weighted by Gasteiger charge is -2.10. The Morgan fingerprint density at radius 1 is 1.00 bits per heavy atom. The highest BCUT2D eigenvalue weighted by molar-refractivity contribution is 6.04. The summed E-state index contributed by atoms with van der Waals surface area (Å²) in [6.45, 7) is 2.57. The Morgan fingerprint density at radius 2 is 1.81 bits per heavy atom. The molecule has 0 unspecified atom stereocenters. The third-order valence-electron chi connectivity index (χ3n) is 3.79. The van der Waals surface area contributed by atoms with Crippen molar-refractivity contribution in [2.24, 2.45) is 0 Å². The number of benzene rings is 2. The van der Waals surface area contributed by atoms with Gasteiger partial charge in [-0.25, -0.2) is 4.98 Å². The topological polar surface area (TPSA) is 72.5 Å². The maximum atomic E-state index is 12.5. The van der Waals surface area contributed by atoms with Gasteiger partial charge >= 0.3 is 0 Å². The fourth-order valence-electron chi connectivity index (χ4n) is 2.49. The molecule has 6 nitrogen and oxygen atoms in total. The van der Waals surface area contributed by atoms with Crippen molar-refractivity contribution in [3.8, 4) is 11.5 Å². The average Bonchev–Trinajstić information content (AvgIpc) is 2.70. The Kier molecular flexibility index (Phi) is 5.89. The normalized spacial score (nSPS) is 10.1. The predicted molar refractivity (Wildman–Crippen MR) is 106 cm³/mol. The van der Waals surface area contributed by atoms with Gasteiger partial charge in [0, 0.05) is 29.2 Å². The molecule has 0 aliphatic carbocycles. The van der Waals surface area contributed by atoms with Crippen LogP contribution >= 0.6 is 0 Å². The number of nitrogens with one attached hydrogen (secondary N) is 2. The fourth-order valence-corrected chi connectivity index (χ4v) is 2.49. The zero-order chi connectivity index (χ0) is 19.1. The number of hydrogen-bond donors (Lipinski definition) is 2. The standard InChI is InChI=1S/C21H21N3O3/c1-3-27-18-9-7-16(8-10-18)23-20-13-15(11-12-22-20)21(25)24-17-5-4-6-19(14-17)26-2/h4-14H,3H2,1-2H3,(H,22,23)(H,24,25). The van der Waals surface area contributed by atoms with E-state index in [0.717, 1.165) is 11.4 Å². The van der Waals surface area contributed by atoms with Gasteiger partial charge in [0.15, 0.2) is 0 Å². The summed E-state index contributed by atoms with van der Waals surface area (Å²) in [4.78, 5) is 16.8.